The molecule has 0 saturated heterocycles. The summed E-state index contributed by atoms with van der Waals surface area (Å²) in [6, 6.07) is 11.1. The van der Waals surface area contributed by atoms with Crippen molar-refractivity contribution in [2.75, 3.05) is 26.7 Å². The van der Waals surface area contributed by atoms with Gasteiger partial charge in [0.05, 0.1) is 5.60 Å². The van der Waals surface area contributed by atoms with E-state index < -0.39 is 5.60 Å². The van der Waals surface area contributed by atoms with Crippen LogP contribution in [0, 0.1) is 0 Å². The zero-order chi connectivity index (χ0) is 16.1. The maximum absolute atomic E-state index is 10.0. The van der Waals surface area contributed by atoms with Gasteiger partial charge in [-0.1, -0.05) is 51.1 Å². The van der Waals surface area contributed by atoms with E-state index in [2.05, 4.69) is 68.4 Å². The lowest BCUT2D eigenvalue weighted by atomic mass is 9.81. The molecule has 120 valence electrons. The largest absolute Gasteiger partial charge is 0.389 e. The maximum Gasteiger partial charge on any atom is 0.0718 e. The highest BCUT2D eigenvalue weighted by Gasteiger charge is 2.29. The zero-order valence-electron chi connectivity index (χ0n) is 14.5. The summed E-state index contributed by atoms with van der Waals surface area (Å²) in [7, 11) is 2.08. The molecule has 0 fully saturated rings. The second kappa shape index (κ2) is 7.39. The van der Waals surface area contributed by atoms with Crippen LogP contribution in [0.4, 0.5) is 0 Å². The van der Waals surface area contributed by atoms with Gasteiger partial charge >= 0.3 is 0 Å². The summed E-state index contributed by atoms with van der Waals surface area (Å²) >= 11 is 0. The highest BCUT2D eigenvalue weighted by atomic mass is 16.3. The van der Waals surface area contributed by atoms with Crippen LogP contribution < -0.4 is 5.32 Å². The van der Waals surface area contributed by atoms with E-state index in [1.165, 1.54) is 5.56 Å². The summed E-state index contributed by atoms with van der Waals surface area (Å²) in [5, 5.41) is 13.6. The lowest BCUT2D eigenvalue weighted by molar-refractivity contribution is 0.0384. The molecule has 1 aromatic carbocycles. The standard InChI is InChI=1S/C18H32N2O/c1-15(2)19-12-18(5,16-10-8-7-9-11-16)14-20(6)13-17(3,4)21/h7-11,15,19,21H,12-14H2,1-6H3. The van der Waals surface area contributed by atoms with Crippen molar-refractivity contribution >= 4 is 0 Å². The first-order valence-electron chi connectivity index (χ1n) is 7.82. The molecule has 0 saturated carbocycles. The van der Waals surface area contributed by atoms with E-state index in [9.17, 15) is 5.11 Å². The Balaban J connectivity index is 2.87. The zero-order valence-corrected chi connectivity index (χ0v) is 14.5. The number of likely N-dealkylation sites (N-methyl/N-ethyl adjacent to an activating group) is 1. The van der Waals surface area contributed by atoms with Crippen LogP contribution in [-0.4, -0.2) is 48.3 Å². The summed E-state index contributed by atoms with van der Waals surface area (Å²) in [4.78, 5) is 2.22. The topological polar surface area (TPSA) is 35.5 Å². The van der Waals surface area contributed by atoms with Crippen LogP contribution >= 0.6 is 0 Å². The van der Waals surface area contributed by atoms with Gasteiger partial charge in [0.1, 0.15) is 0 Å². The van der Waals surface area contributed by atoms with Crippen LogP contribution in [0.1, 0.15) is 40.2 Å². The first-order chi connectivity index (χ1) is 9.62. The third kappa shape index (κ3) is 6.60. The minimum atomic E-state index is -0.669. The normalized spacial score (nSPS) is 15.5. The highest BCUT2D eigenvalue weighted by molar-refractivity contribution is 5.25. The molecule has 1 rings (SSSR count). The van der Waals surface area contributed by atoms with Crippen molar-refractivity contribution in [2.45, 2.75) is 51.7 Å². The summed E-state index contributed by atoms with van der Waals surface area (Å²) in [6.45, 7) is 12.8. The van der Waals surface area contributed by atoms with E-state index in [1.54, 1.807) is 0 Å². The van der Waals surface area contributed by atoms with Crippen LogP contribution in [0.3, 0.4) is 0 Å². The van der Waals surface area contributed by atoms with E-state index in [0.717, 1.165) is 13.1 Å². The van der Waals surface area contributed by atoms with Crippen LogP contribution in [-0.2, 0) is 5.41 Å². The molecule has 1 atom stereocenters. The van der Waals surface area contributed by atoms with E-state index in [1.807, 2.05) is 13.8 Å². The summed E-state index contributed by atoms with van der Waals surface area (Å²) in [5.41, 5.74) is 0.685. The quantitative estimate of drug-likeness (QED) is 0.773. The molecule has 0 aromatic heterocycles. The lowest BCUT2D eigenvalue weighted by Gasteiger charge is -2.37. The van der Waals surface area contributed by atoms with Crippen molar-refractivity contribution in [3.63, 3.8) is 0 Å². The van der Waals surface area contributed by atoms with Crippen LogP contribution in [0.2, 0.25) is 0 Å². The SMILES string of the molecule is CC(C)NCC(C)(CN(C)CC(C)(C)O)c1ccccc1. The predicted octanol–water partition coefficient (Wildman–Crippen LogP) is 2.65. The Bertz CT molecular complexity index is 411. The lowest BCUT2D eigenvalue weighted by Crippen LogP contribution is -2.48. The average molecular weight is 292 g/mol. The summed E-state index contributed by atoms with van der Waals surface area (Å²) < 4.78 is 0. The van der Waals surface area contributed by atoms with Crippen LogP contribution in [0.15, 0.2) is 30.3 Å². The number of hydrogen-bond acceptors (Lipinski definition) is 3. The Morgan fingerprint density at radius 2 is 1.67 bits per heavy atom. The number of nitrogens with zero attached hydrogens (tertiary/aromatic N) is 1. The Hall–Kier alpha value is -0.900. The molecule has 0 heterocycles. The van der Waals surface area contributed by atoms with Gasteiger partial charge in [0, 0.05) is 31.1 Å². The number of hydrogen-bond donors (Lipinski definition) is 2. The molecule has 0 spiro atoms. The Labute approximate surface area is 130 Å². The third-order valence-electron chi connectivity index (χ3n) is 3.65. The number of benzene rings is 1. The van der Waals surface area contributed by atoms with Gasteiger partial charge in [0.15, 0.2) is 0 Å². The van der Waals surface area contributed by atoms with Gasteiger partial charge in [0.25, 0.3) is 0 Å². The van der Waals surface area contributed by atoms with E-state index in [4.69, 9.17) is 0 Å². The predicted molar refractivity (Wildman–Crippen MR) is 90.7 cm³/mol. The van der Waals surface area contributed by atoms with Crippen LogP contribution in [0.25, 0.3) is 0 Å². The molecular weight excluding hydrogens is 260 g/mol. The van der Waals surface area contributed by atoms with Crippen molar-refractivity contribution in [2.24, 2.45) is 0 Å². The molecule has 2 N–H and O–H groups in total. The monoisotopic (exact) mass is 292 g/mol. The van der Waals surface area contributed by atoms with Gasteiger partial charge in [-0.3, -0.25) is 0 Å². The fourth-order valence-corrected chi connectivity index (χ4v) is 2.83. The number of nitrogens with one attached hydrogen (secondary N) is 1. The smallest absolute Gasteiger partial charge is 0.0718 e. The molecule has 0 aliphatic carbocycles. The number of rotatable bonds is 8. The van der Waals surface area contributed by atoms with Gasteiger partial charge in [-0.15, -0.1) is 0 Å². The Morgan fingerprint density at radius 3 is 2.14 bits per heavy atom. The minimum Gasteiger partial charge on any atom is -0.389 e. The summed E-state index contributed by atoms with van der Waals surface area (Å²) in [6.07, 6.45) is 0. The molecule has 1 unspecified atom stereocenters. The van der Waals surface area contributed by atoms with E-state index in [0.29, 0.717) is 12.6 Å². The molecule has 0 bridgehead atoms. The fraction of sp³-hybridized carbons (Fsp3) is 0.667. The third-order valence-corrected chi connectivity index (χ3v) is 3.65. The average Bonchev–Trinajstić information content (AvgIpc) is 2.35. The number of aliphatic hydroxyl groups is 1. The molecule has 1 aromatic rings. The van der Waals surface area contributed by atoms with Crippen molar-refractivity contribution in [1.29, 1.82) is 0 Å². The van der Waals surface area contributed by atoms with Crippen molar-refractivity contribution < 1.29 is 5.11 Å². The van der Waals surface area contributed by atoms with Crippen LogP contribution in [0.5, 0.6) is 0 Å². The second-order valence-corrected chi connectivity index (χ2v) is 7.45. The molecule has 3 nitrogen and oxygen atoms in total. The van der Waals surface area contributed by atoms with Crippen molar-refractivity contribution in [1.82, 2.24) is 10.2 Å². The van der Waals surface area contributed by atoms with E-state index >= 15 is 0 Å². The second-order valence-electron chi connectivity index (χ2n) is 7.45. The molecule has 0 aliphatic rings. The summed E-state index contributed by atoms with van der Waals surface area (Å²) in [5.74, 6) is 0. The van der Waals surface area contributed by atoms with Gasteiger partial charge in [-0.05, 0) is 26.5 Å². The minimum absolute atomic E-state index is 0.0194. The molecule has 0 aliphatic heterocycles. The van der Waals surface area contributed by atoms with Gasteiger partial charge in [-0.2, -0.15) is 0 Å². The van der Waals surface area contributed by atoms with Gasteiger partial charge < -0.3 is 15.3 Å². The first-order valence-corrected chi connectivity index (χ1v) is 7.82. The highest BCUT2D eigenvalue weighted by Crippen LogP contribution is 2.25. The fourth-order valence-electron chi connectivity index (χ4n) is 2.83. The molecule has 0 amide bonds. The van der Waals surface area contributed by atoms with E-state index in [-0.39, 0.29) is 5.41 Å². The Morgan fingerprint density at radius 1 is 1.10 bits per heavy atom. The first kappa shape index (κ1) is 18.1. The van der Waals surface area contributed by atoms with Gasteiger partial charge in [0.2, 0.25) is 0 Å². The Kier molecular flexibility index (Phi) is 6.39. The molecule has 3 heteroatoms. The molecule has 0 radical (unpaired) electrons. The van der Waals surface area contributed by atoms with Crippen molar-refractivity contribution in [3.05, 3.63) is 35.9 Å². The molecule has 21 heavy (non-hydrogen) atoms. The van der Waals surface area contributed by atoms with Gasteiger partial charge in [-0.25, -0.2) is 0 Å². The molecular formula is C18H32N2O. The van der Waals surface area contributed by atoms with Crippen molar-refractivity contribution in [3.8, 4) is 0 Å². The maximum atomic E-state index is 10.0.